The lowest BCUT2D eigenvalue weighted by molar-refractivity contribution is -0.383. The summed E-state index contributed by atoms with van der Waals surface area (Å²) in [6.07, 6.45) is 0. The van der Waals surface area contributed by atoms with Gasteiger partial charge in [0.1, 0.15) is 16.8 Å². The molecule has 0 radical (unpaired) electrons. The number of carbonyl (C=O) groups excluding carboxylic acids is 1. The summed E-state index contributed by atoms with van der Waals surface area (Å²) >= 11 is 5.81. The number of para-hydroxylation sites is 1. The Morgan fingerprint density at radius 2 is 2.05 bits per heavy atom. The Balaban J connectivity index is 2.80. The first-order valence-corrected chi connectivity index (χ1v) is 6.68. The second-order valence-corrected chi connectivity index (χ2v) is 5.31. The van der Waals surface area contributed by atoms with Gasteiger partial charge < -0.3 is 10.6 Å². The van der Waals surface area contributed by atoms with Gasteiger partial charge in [0.15, 0.2) is 0 Å². The SMILES string of the molecule is CC(C)CNC(=O)C(C)Nc1cccc(Cl)c1[N+](=O)[O-]. The van der Waals surface area contributed by atoms with Crippen molar-refractivity contribution in [1.82, 2.24) is 5.32 Å². The van der Waals surface area contributed by atoms with E-state index in [4.69, 9.17) is 11.6 Å². The highest BCUT2D eigenvalue weighted by Crippen LogP contribution is 2.32. The van der Waals surface area contributed by atoms with E-state index in [1.54, 1.807) is 13.0 Å². The monoisotopic (exact) mass is 299 g/mol. The van der Waals surface area contributed by atoms with Crippen molar-refractivity contribution < 1.29 is 9.72 Å². The number of hydrogen-bond donors (Lipinski definition) is 2. The Bertz CT molecular complexity index is 506. The summed E-state index contributed by atoms with van der Waals surface area (Å²) in [7, 11) is 0. The Hall–Kier alpha value is -1.82. The maximum absolute atomic E-state index is 11.8. The van der Waals surface area contributed by atoms with Crippen LogP contribution in [0.15, 0.2) is 18.2 Å². The molecule has 1 amide bonds. The molecule has 1 unspecified atom stereocenters. The van der Waals surface area contributed by atoms with Crippen LogP contribution in [0.5, 0.6) is 0 Å². The highest BCUT2D eigenvalue weighted by atomic mass is 35.5. The number of anilines is 1. The predicted octanol–water partition coefficient (Wildman–Crippen LogP) is 2.82. The van der Waals surface area contributed by atoms with Crippen LogP contribution in [0.1, 0.15) is 20.8 Å². The molecule has 6 nitrogen and oxygen atoms in total. The van der Waals surface area contributed by atoms with Crippen molar-refractivity contribution in [3.8, 4) is 0 Å². The van der Waals surface area contributed by atoms with Crippen LogP contribution < -0.4 is 10.6 Å². The maximum atomic E-state index is 11.8. The molecule has 20 heavy (non-hydrogen) atoms. The quantitative estimate of drug-likeness (QED) is 0.625. The molecule has 110 valence electrons. The first-order chi connectivity index (χ1) is 9.32. The van der Waals surface area contributed by atoms with Crippen LogP contribution in [0.2, 0.25) is 5.02 Å². The molecule has 0 saturated heterocycles. The van der Waals surface area contributed by atoms with E-state index in [9.17, 15) is 14.9 Å². The highest BCUT2D eigenvalue weighted by molar-refractivity contribution is 6.33. The fraction of sp³-hybridized carbons (Fsp3) is 0.462. The lowest BCUT2D eigenvalue weighted by Crippen LogP contribution is -2.39. The second kappa shape index (κ2) is 7.09. The number of nitrogens with zero attached hydrogens (tertiary/aromatic N) is 1. The summed E-state index contributed by atoms with van der Waals surface area (Å²) < 4.78 is 0. The van der Waals surface area contributed by atoms with Gasteiger partial charge in [0.2, 0.25) is 5.91 Å². The Kier molecular flexibility index (Phi) is 5.76. The van der Waals surface area contributed by atoms with Crippen molar-refractivity contribution in [2.45, 2.75) is 26.8 Å². The van der Waals surface area contributed by atoms with E-state index >= 15 is 0 Å². The summed E-state index contributed by atoms with van der Waals surface area (Å²) in [5.41, 5.74) is 0.00683. The molecule has 0 aliphatic carbocycles. The molecule has 0 aliphatic heterocycles. The van der Waals surface area contributed by atoms with Gasteiger partial charge in [0.25, 0.3) is 0 Å². The van der Waals surface area contributed by atoms with Gasteiger partial charge in [0.05, 0.1) is 4.92 Å². The topological polar surface area (TPSA) is 84.3 Å². The third kappa shape index (κ3) is 4.38. The van der Waals surface area contributed by atoms with Crippen LogP contribution in [-0.2, 0) is 4.79 Å². The third-order valence-electron chi connectivity index (χ3n) is 2.62. The summed E-state index contributed by atoms with van der Waals surface area (Å²) in [5.74, 6) is 0.125. The van der Waals surface area contributed by atoms with E-state index in [0.29, 0.717) is 12.5 Å². The molecule has 0 fully saturated rings. The zero-order valence-corrected chi connectivity index (χ0v) is 12.4. The van der Waals surface area contributed by atoms with Gasteiger partial charge in [-0.15, -0.1) is 0 Å². The summed E-state index contributed by atoms with van der Waals surface area (Å²) in [5, 5.41) is 16.6. The first kappa shape index (κ1) is 16.2. The number of nitrogens with one attached hydrogen (secondary N) is 2. The molecule has 1 atom stereocenters. The molecule has 1 rings (SSSR count). The van der Waals surface area contributed by atoms with Crippen molar-refractivity contribution in [2.75, 3.05) is 11.9 Å². The van der Waals surface area contributed by atoms with Gasteiger partial charge in [-0.2, -0.15) is 0 Å². The lowest BCUT2D eigenvalue weighted by Gasteiger charge is -2.16. The molecule has 0 aromatic heterocycles. The standard InChI is InChI=1S/C13H18ClN3O3/c1-8(2)7-15-13(18)9(3)16-11-6-4-5-10(14)12(11)17(19)20/h4-6,8-9,16H,7H2,1-3H3,(H,15,18). The number of rotatable bonds is 6. The number of benzene rings is 1. The molecule has 7 heteroatoms. The van der Waals surface area contributed by atoms with E-state index in [1.807, 2.05) is 13.8 Å². The molecule has 0 heterocycles. The Morgan fingerprint density at radius 1 is 1.40 bits per heavy atom. The number of amides is 1. The molecule has 1 aromatic carbocycles. The van der Waals surface area contributed by atoms with Crippen LogP contribution >= 0.6 is 11.6 Å². The lowest BCUT2D eigenvalue weighted by atomic mass is 10.2. The minimum Gasteiger partial charge on any atom is -0.368 e. The van der Waals surface area contributed by atoms with Crippen LogP contribution in [0.4, 0.5) is 11.4 Å². The van der Waals surface area contributed by atoms with E-state index in [-0.39, 0.29) is 22.3 Å². The van der Waals surface area contributed by atoms with Crippen LogP contribution in [-0.4, -0.2) is 23.4 Å². The smallest absolute Gasteiger partial charge is 0.310 e. The van der Waals surface area contributed by atoms with Crippen molar-refractivity contribution in [3.05, 3.63) is 33.3 Å². The van der Waals surface area contributed by atoms with Gasteiger partial charge in [-0.1, -0.05) is 31.5 Å². The highest BCUT2D eigenvalue weighted by Gasteiger charge is 2.21. The number of carbonyl (C=O) groups is 1. The Morgan fingerprint density at radius 3 is 2.60 bits per heavy atom. The number of nitro groups is 1. The minimum absolute atomic E-state index is 0.0368. The minimum atomic E-state index is -0.592. The van der Waals surface area contributed by atoms with Gasteiger partial charge in [-0.05, 0) is 25.0 Å². The van der Waals surface area contributed by atoms with E-state index in [2.05, 4.69) is 10.6 Å². The van der Waals surface area contributed by atoms with Gasteiger partial charge in [-0.3, -0.25) is 14.9 Å². The van der Waals surface area contributed by atoms with E-state index < -0.39 is 11.0 Å². The summed E-state index contributed by atoms with van der Waals surface area (Å²) in [6.45, 7) is 6.17. The van der Waals surface area contributed by atoms with Gasteiger partial charge >= 0.3 is 5.69 Å². The molecular weight excluding hydrogens is 282 g/mol. The molecule has 1 aromatic rings. The zero-order chi connectivity index (χ0) is 15.3. The third-order valence-corrected chi connectivity index (χ3v) is 2.92. The van der Waals surface area contributed by atoms with Crippen LogP contribution in [0.25, 0.3) is 0 Å². The zero-order valence-electron chi connectivity index (χ0n) is 11.6. The molecule has 0 saturated carbocycles. The number of hydrogen-bond acceptors (Lipinski definition) is 4. The van der Waals surface area contributed by atoms with Crippen LogP contribution in [0.3, 0.4) is 0 Å². The molecule has 0 spiro atoms. The van der Waals surface area contributed by atoms with Crippen molar-refractivity contribution >= 4 is 28.9 Å². The van der Waals surface area contributed by atoms with Gasteiger partial charge in [0, 0.05) is 6.54 Å². The average molecular weight is 300 g/mol. The summed E-state index contributed by atoms with van der Waals surface area (Å²) in [6, 6.07) is 3.96. The molecule has 0 aliphatic rings. The second-order valence-electron chi connectivity index (χ2n) is 4.90. The van der Waals surface area contributed by atoms with Crippen molar-refractivity contribution in [3.63, 3.8) is 0 Å². The predicted molar refractivity (Wildman–Crippen MR) is 79.0 cm³/mol. The number of halogens is 1. The average Bonchev–Trinajstić information content (AvgIpc) is 2.35. The number of nitro benzene ring substituents is 1. The van der Waals surface area contributed by atoms with E-state index in [1.165, 1.54) is 12.1 Å². The molecular formula is C13H18ClN3O3. The summed E-state index contributed by atoms with van der Waals surface area (Å²) in [4.78, 5) is 22.3. The Labute approximate surface area is 122 Å². The largest absolute Gasteiger partial charge is 0.368 e. The fourth-order valence-corrected chi connectivity index (χ4v) is 1.82. The van der Waals surface area contributed by atoms with Crippen molar-refractivity contribution in [1.29, 1.82) is 0 Å². The van der Waals surface area contributed by atoms with Crippen LogP contribution in [0, 0.1) is 16.0 Å². The van der Waals surface area contributed by atoms with Gasteiger partial charge in [-0.25, -0.2) is 0 Å². The first-order valence-electron chi connectivity index (χ1n) is 6.30. The van der Waals surface area contributed by atoms with Crippen molar-refractivity contribution in [2.24, 2.45) is 5.92 Å². The molecule has 2 N–H and O–H groups in total. The maximum Gasteiger partial charge on any atom is 0.310 e. The fourth-order valence-electron chi connectivity index (χ4n) is 1.57. The van der Waals surface area contributed by atoms with E-state index in [0.717, 1.165) is 0 Å². The molecule has 0 bridgehead atoms. The normalized spacial score (nSPS) is 12.1.